The fourth-order valence-electron chi connectivity index (χ4n) is 4.04. The Morgan fingerprint density at radius 1 is 1.12 bits per heavy atom. The van der Waals surface area contributed by atoms with Gasteiger partial charge in [-0.15, -0.1) is 0 Å². The van der Waals surface area contributed by atoms with Crippen LogP contribution in [0.5, 0.6) is 0 Å². The van der Waals surface area contributed by atoms with E-state index in [9.17, 15) is 4.79 Å². The molecule has 2 aliphatic heterocycles. The van der Waals surface area contributed by atoms with E-state index < -0.39 is 26.4 Å². The number of amides is 1. The summed E-state index contributed by atoms with van der Waals surface area (Å²) in [5.41, 5.74) is 1.95. The van der Waals surface area contributed by atoms with Crippen molar-refractivity contribution >= 4 is 37.6 Å². The molecule has 2 aliphatic rings. The summed E-state index contributed by atoms with van der Waals surface area (Å²) in [6.45, 7) is 18.5. The highest BCUT2D eigenvalue weighted by Gasteiger charge is 2.52. The number of hydrogen-bond donors (Lipinski definition) is 0. The minimum Gasteiger partial charge on any atom is -0.399 e. The summed E-state index contributed by atoms with van der Waals surface area (Å²) in [7, 11) is -1.74. The van der Waals surface area contributed by atoms with Crippen molar-refractivity contribution < 1.29 is 23.6 Å². The Kier molecular flexibility index (Phi) is 7.01. The number of nitrogens with zero attached hydrogens (tertiary/aromatic N) is 3. The van der Waals surface area contributed by atoms with Gasteiger partial charge in [0, 0.05) is 27.8 Å². The first-order valence-corrected chi connectivity index (χ1v) is 15.9. The second kappa shape index (κ2) is 9.39. The van der Waals surface area contributed by atoms with Crippen molar-refractivity contribution in [1.82, 2.24) is 14.5 Å². The van der Waals surface area contributed by atoms with Crippen LogP contribution in [-0.4, -0.2) is 79.7 Å². The highest BCUT2D eigenvalue weighted by Crippen LogP contribution is 2.37. The fourth-order valence-corrected chi connectivity index (χ4v) is 4.80. The van der Waals surface area contributed by atoms with Gasteiger partial charge in [0.2, 0.25) is 0 Å². The summed E-state index contributed by atoms with van der Waals surface area (Å²) in [5.74, 6) is -0.0448. The lowest BCUT2D eigenvalue weighted by molar-refractivity contribution is 0.00578. The van der Waals surface area contributed by atoms with Crippen LogP contribution in [0.15, 0.2) is 18.5 Å². The predicted octanol–water partition coefficient (Wildman–Crippen LogP) is 3.12. The number of carbonyl (C=O) groups excluding carboxylic acids is 1. The molecule has 0 saturated carbocycles. The van der Waals surface area contributed by atoms with Crippen LogP contribution in [0.1, 0.15) is 38.1 Å². The maximum atomic E-state index is 13.5. The molecule has 0 bridgehead atoms. The average Bonchev–Trinajstić information content (AvgIpc) is 3.27. The number of imidazole rings is 1. The number of rotatable bonds is 7. The summed E-state index contributed by atoms with van der Waals surface area (Å²) in [6.07, 6.45) is 1.75. The molecule has 2 fully saturated rings. The molecular weight excluding hydrogens is 449 g/mol. The van der Waals surface area contributed by atoms with Crippen molar-refractivity contribution in [2.75, 3.05) is 32.9 Å². The number of hydrogen-bond acceptors (Lipinski definition) is 6. The molecule has 0 N–H and O–H groups in total. The molecule has 2 aromatic rings. The Morgan fingerprint density at radius 3 is 2.38 bits per heavy atom. The summed E-state index contributed by atoms with van der Waals surface area (Å²) < 4.78 is 26.0. The minimum atomic E-state index is -1.17. The first-order valence-electron chi connectivity index (χ1n) is 12.2. The largest absolute Gasteiger partial charge is 0.494 e. The van der Waals surface area contributed by atoms with E-state index in [-0.39, 0.29) is 5.91 Å². The van der Waals surface area contributed by atoms with Gasteiger partial charge in [-0.1, -0.05) is 19.6 Å². The highest BCUT2D eigenvalue weighted by atomic mass is 28.3. The Hall–Kier alpha value is -1.72. The molecule has 8 nitrogen and oxygen atoms in total. The molecule has 0 aliphatic carbocycles. The quantitative estimate of drug-likeness (QED) is 0.441. The third kappa shape index (κ3) is 5.26. The van der Waals surface area contributed by atoms with Crippen LogP contribution in [0.3, 0.4) is 0 Å². The van der Waals surface area contributed by atoms with Gasteiger partial charge in [-0.05, 0) is 51.3 Å². The summed E-state index contributed by atoms with van der Waals surface area (Å²) in [4.78, 5) is 20.0. The van der Waals surface area contributed by atoms with Crippen molar-refractivity contribution in [3.8, 4) is 0 Å². The van der Waals surface area contributed by atoms with E-state index in [2.05, 4.69) is 24.6 Å². The molecule has 0 atom stereocenters. The second-order valence-electron chi connectivity index (χ2n) is 11.5. The molecule has 3 heterocycles. The van der Waals surface area contributed by atoms with E-state index in [0.717, 1.165) is 17.0 Å². The molecule has 34 heavy (non-hydrogen) atoms. The number of benzene rings is 1. The number of fused-ring (bicyclic) bond motifs is 1. The van der Waals surface area contributed by atoms with Gasteiger partial charge in [0.05, 0.1) is 41.8 Å². The fraction of sp³-hybridized carbons (Fsp3) is 0.667. The van der Waals surface area contributed by atoms with Crippen molar-refractivity contribution in [2.45, 2.75) is 71.3 Å². The summed E-state index contributed by atoms with van der Waals surface area (Å²) in [5, 5.41) is 0. The molecule has 0 radical (unpaired) electrons. The van der Waals surface area contributed by atoms with Gasteiger partial charge in [0.25, 0.3) is 5.91 Å². The van der Waals surface area contributed by atoms with E-state index in [1.807, 2.05) is 49.3 Å². The van der Waals surface area contributed by atoms with Crippen LogP contribution in [0.25, 0.3) is 11.0 Å². The Balaban J connectivity index is 1.68. The first kappa shape index (κ1) is 25.4. The van der Waals surface area contributed by atoms with Crippen LogP contribution < -0.4 is 5.46 Å². The van der Waals surface area contributed by atoms with Gasteiger partial charge in [-0.2, -0.15) is 0 Å². The molecule has 4 rings (SSSR count). The third-order valence-corrected chi connectivity index (χ3v) is 8.73. The van der Waals surface area contributed by atoms with E-state index in [1.54, 1.807) is 6.33 Å². The SMILES string of the molecule is CC1(C)OB(c2cc(C(=O)N3CCOCC3)c3ncn(COCC[Si](C)(C)C)c3c2)OC1(C)C. The predicted molar refractivity (Wildman–Crippen MR) is 136 cm³/mol. The first-order chi connectivity index (χ1) is 15.9. The number of morpholine rings is 1. The summed E-state index contributed by atoms with van der Waals surface area (Å²) >= 11 is 0. The van der Waals surface area contributed by atoms with Gasteiger partial charge in [-0.25, -0.2) is 4.98 Å². The van der Waals surface area contributed by atoms with E-state index in [0.29, 0.717) is 50.7 Å². The van der Waals surface area contributed by atoms with Gasteiger partial charge in [0.15, 0.2) is 0 Å². The summed E-state index contributed by atoms with van der Waals surface area (Å²) in [6, 6.07) is 4.99. The van der Waals surface area contributed by atoms with Crippen molar-refractivity contribution in [3.05, 3.63) is 24.0 Å². The second-order valence-corrected chi connectivity index (χ2v) is 17.1. The van der Waals surface area contributed by atoms with Crippen LogP contribution in [0.2, 0.25) is 25.7 Å². The average molecular weight is 487 g/mol. The molecule has 186 valence electrons. The maximum absolute atomic E-state index is 13.5. The zero-order valence-corrected chi connectivity index (χ0v) is 22.6. The number of aromatic nitrogens is 2. The van der Waals surface area contributed by atoms with Crippen molar-refractivity contribution in [1.29, 1.82) is 0 Å². The van der Waals surface area contributed by atoms with E-state index >= 15 is 0 Å². The maximum Gasteiger partial charge on any atom is 0.494 e. The molecule has 10 heteroatoms. The third-order valence-electron chi connectivity index (χ3n) is 7.03. The van der Waals surface area contributed by atoms with Crippen LogP contribution in [0, 0.1) is 0 Å². The molecule has 1 aromatic heterocycles. The normalized spacial score (nSPS) is 20.3. The smallest absolute Gasteiger partial charge is 0.399 e. The van der Waals surface area contributed by atoms with Crippen LogP contribution >= 0.6 is 0 Å². The van der Waals surface area contributed by atoms with Gasteiger partial charge < -0.3 is 28.2 Å². The molecule has 1 aromatic carbocycles. The minimum absolute atomic E-state index is 0.0448. The lowest BCUT2D eigenvalue weighted by Gasteiger charge is -2.32. The zero-order chi connectivity index (χ0) is 24.7. The Labute approximate surface area is 204 Å². The standard InChI is InChI=1S/C24H38BN3O5Si/c1-23(2)24(3,4)33-25(32-23)18-14-19(22(29)27-8-10-30-11-9-27)21-20(15-18)28(16-26-21)17-31-12-13-34(5,6)7/h14-16H,8-13,17H2,1-7H3. The Morgan fingerprint density at radius 2 is 1.76 bits per heavy atom. The van der Waals surface area contributed by atoms with Gasteiger partial charge in [0.1, 0.15) is 12.2 Å². The zero-order valence-electron chi connectivity index (χ0n) is 21.6. The highest BCUT2D eigenvalue weighted by molar-refractivity contribution is 6.76. The van der Waals surface area contributed by atoms with Crippen molar-refractivity contribution in [2.24, 2.45) is 0 Å². The number of ether oxygens (including phenoxy) is 2. The molecular formula is C24H38BN3O5Si. The lowest BCUT2D eigenvalue weighted by Crippen LogP contribution is -2.41. The van der Waals surface area contributed by atoms with Crippen LogP contribution in [0.4, 0.5) is 0 Å². The van der Waals surface area contributed by atoms with Gasteiger partial charge >= 0.3 is 7.12 Å². The monoisotopic (exact) mass is 487 g/mol. The lowest BCUT2D eigenvalue weighted by atomic mass is 9.78. The number of carbonyl (C=O) groups is 1. The van der Waals surface area contributed by atoms with E-state index in [4.69, 9.17) is 18.8 Å². The topological polar surface area (TPSA) is 75.0 Å². The molecule has 2 saturated heterocycles. The Bertz CT molecular complexity index is 1030. The van der Waals surface area contributed by atoms with E-state index in [1.165, 1.54) is 0 Å². The molecule has 1 amide bonds. The van der Waals surface area contributed by atoms with Crippen molar-refractivity contribution in [3.63, 3.8) is 0 Å². The van der Waals surface area contributed by atoms with Gasteiger partial charge in [-0.3, -0.25) is 4.79 Å². The van der Waals surface area contributed by atoms with Crippen LogP contribution in [-0.2, 0) is 25.5 Å². The molecule has 0 unspecified atom stereocenters. The molecule has 0 spiro atoms.